The molecule has 4 N–H and O–H groups in total. The molecule has 4 rings (SSSR count). The number of nitrogens with two attached hydrogens (primary N) is 1. The summed E-state index contributed by atoms with van der Waals surface area (Å²) >= 11 is 1.60. The SMILES string of the molecule is COCCN1CCC(Oc2ccc(C(=N)c3cc(C(=O)NCc4ccsc4)ccc3N)cc2)CC1. The number of benzene rings is 2. The average molecular weight is 493 g/mol. The molecule has 8 heteroatoms. The van der Waals surface area contributed by atoms with Gasteiger partial charge in [-0.2, -0.15) is 11.3 Å². The molecule has 0 atom stereocenters. The second kappa shape index (κ2) is 12.0. The zero-order chi connectivity index (χ0) is 24.6. The number of rotatable bonds is 10. The van der Waals surface area contributed by atoms with Gasteiger partial charge in [0.2, 0.25) is 0 Å². The van der Waals surface area contributed by atoms with Crippen LogP contribution in [0, 0.1) is 5.41 Å². The van der Waals surface area contributed by atoms with Crippen LogP contribution in [0.5, 0.6) is 5.75 Å². The lowest BCUT2D eigenvalue weighted by Crippen LogP contribution is -2.39. The van der Waals surface area contributed by atoms with Crippen LogP contribution in [0.25, 0.3) is 0 Å². The predicted octanol–water partition coefficient (Wildman–Crippen LogP) is 4.17. The molecule has 0 radical (unpaired) electrons. The maximum Gasteiger partial charge on any atom is 0.251 e. The lowest BCUT2D eigenvalue weighted by atomic mass is 9.98. The van der Waals surface area contributed by atoms with Crippen molar-refractivity contribution in [1.82, 2.24) is 10.2 Å². The highest BCUT2D eigenvalue weighted by Gasteiger charge is 2.20. The van der Waals surface area contributed by atoms with Gasteiger partial charge in [0.15, 0.2) is 0 Å². The largest absolute Gasteiger partial charge is 0.490 e. The van der Waals surface area contributed by atoms with Crippen molar-refractivity contribution in [3.05, 3.63) is 81.5 Å². The Labute approximate surface area is 210 Å². The maximum absolute atomic E-state index is 12.6. The zero-order valence-electron chi connectivity index (χ0n) is 20.0. The van der Waals surface area contributed by atoms with Crippen molar-refractivity contribution < 1.29 is 14.3 Å². The van der Waals surface area contributed by atoms with E-state index in [2.05, 4.69) is 10.2 Å². The Morgan fingerprint density at radius 2 is 1.89 bits per heavy atom. The van der Waals surface area contributed by atoms with Crippen molar-refractivity contribution in [3.8, 4) is 5.75 Å². The first-order valence-electron chi connectivity index (χ1n) is 11.8. The molecule has 0 aliphatic carbocycles. The van der Waals surface area contributed by atoms with Crippen molar-refractivity contribution >= 4 is 28.6 Å². The molecule has 3 aromatic rings. The van der Waals surface area contributed by atoms with Crippen molar-refractivity contribution in [1.29, 1.82) is 5.41 Å². The van der Waals surface area contributed by atoms with E-state index in [9.17, 15) is 4.79 Å². The highest BCUT2D eigenvalue weighted by atomic mass is 32.1. The summed E-state index contributed by atoms with van der Waals surface area (Å²) in [7, 11) is 1.73. The van der Waals surface area contributed by atoms with E-state index in [1.54, 1.807) is 36.6 Å². The van der Waals surface area contributed by atoms with E-state index in [0.717, 1.165) is 50.4 Å². The number of amides is 1. The van der Waals surface area contributed by atoms with Gasteiger partial charge in [-0.05, 0) is 77.7 Å². The Balaban J connectivity index is 1.36. The number of carbonyl (C=O) groups excluding carboxylic acids is 1. The normalized spacial score (nSPS) is 14.5. The molecule has 184 valence electrons. The van der Waals surface area contributed by atoms with Gasteiger partial charge < -0.3 is 25.4 Å². The number of nitrogen functional groups attached to an aromatic ring is 1. The molecule has 1 aliphatic heterocycles. The quantitative estimate of drug-likeness (QED) is 0.291. The summed E-state index contributed by atoms with van der Waals surface area (Å²) in [6.45, 7) is 4.19. The van der Waals surface area contributed by atoms with Crippen LogP contribution in [0.15, 0.2) is 59.3 Å². The fraction of sp³-hybridized carbons (Fsp3) is 0.333. The van der Waals surface area contributed by atoms with E-state index in [0.29, 0.717) is 28.9 Å². The maximum atomic E-state index is 12.6. The number of methoxy groups -OCH3 is 1. The fourth-order valence-electron chi connectivity index (χ4n) is 4.11. The Morgan fingerprint density at radius 1 is 1.14 bits per heavy atom. The lowest BCUT2D eigenvalue weighted by molar-refractivity contribution is 0.0797. The molecule has 1 fully saturated rings. The topological polar surface area (TPSA) is 101 Å². The van der Waals surface area contributed by atoms with Gasteiger partial charge in [0.25, 0.3) is 5.91 Å². The number of hydrogen-bond acceptors (Lipinski definition) is 7. The molecular formula is C27H32N4O3S. The molecule has 2 heterocycles. The molecular weight excluding hydrogens is 460 g/mol. The lowest BCUT2D eigenvalue weighted by Gasteiger charge is -2.31. The molecule has 1 aromatic heterocycles. The first-order chi connectivity index (χ1) is 17.0. The molecule has 0 unspecified atom stereocenters. The standard InChI is InChI=1S/C27H32N4O3S/c1-33-14-13-31-11-8-23(9-12-31)34-22-5-2-20(3-6-22)26(29)24-16-21(4-7-25(24)28)27(32)30-17-19-10-15-35-18-19/h2-7,10,15-16,18,23,29H,8-9,11-14,17,28H2,1H3,(H,30,32). The first-order valence-corrected chi connectivity index (χ1v) is 12.7. The minimum Gasteiger partial charge on any atom is -0.490 e. The Kier molecular flexibility index (Phi) is 8.52. The molecule has 1 amide bonds. The van der Waals surface area contributed by atoms with E-state index in [1.807, 2.05) is 41.1 Å². The van der Waals surface area contributed by atoms with Crippen LogP contribution in [0.4, 0.5) is 5.69 Å². The smallest absolute Gasteiger partial charge is 0.251 e. The van der Waals surface area contributed by atoms with Gasteiger partial charge in [-0.1, -0.05) is 0 Å². The molecule has 2 aromatic carbocycles. The number of anilines is 1. The molecule has 1 saturated heterocycles. The number of hydrogen-bond donors (Lipinski definition) is 3. The van der Waals surface area contributed by atoms with Crippen molar-refractivity contribution in [2.45, 2.75) is 25.5 Å². The number of nitrogens with zero attached hydrogens (tertiary/aromatic N) is 1. The molecule has 0 spiro atoms. The molecule has 7 nitrogen and oxygen atoms in total. The molecule has 35 heavy (non-hydrogen) atoms. The second-order valence-corrected chi connectivity index (χ2v) is 9.45. The molecule has 0 bridgehead atoms. The summed E-state index contributed by atoms with van der Waals surface area (Å²) in [5.74, 6) is 0.605. The van der Waals surface area contributed by atoms with Crippen molar-refractivity contribution in [2.24, 2.45) is 0 Å². The zero-order valence-corrected chi connectivity index (χ0v) is 20.8. The van der Waals surface area contributed by atoms with Gasteiger partial charge in [0.1, 0.15) is 11.9 Å². The highest BCUT2D eigenvalue weighted by Crippen LogP contribution is 2.23. The number of likely N-dealkylation sites (tertiary alicyclic amines) is 1. The minimum atomic E-state index is -0.192. The third-order valence-corrected chi connectivity index (χ3v) is 6.94. The van der Waals surface area contributed by atoms with E-state index < -0.39 is 0 Å². The molecule has 1 aliphatic rings. The number of piperidine rings is 1. The van der Waals surface area contributed by atoms with Crippen molar-refractivity contribution in [2.75, 3.05) is 39.1 Å². The fourth-order valence-corrected chi connectivity index (χ4v) is 4.78. The van der Waals surface area contributed by atoms with Crippen LogP contribution < -0.4 is 15.8 Å². The predicted molar refractivity (Wildman–Crippen MR) is 141 cm³/mol. The van der Waals surface area contributed by atoms with E-state index >= 15 is 0 Å². The van der Waals surface area contributed by atoms with Crippen LogP contribution in [0.2, 0.25) is 0 Å². The molecule has 0 saturated carbocycles. The van der Waals surface area contributed by atoms with E-state index in [1.165, 1.54) is 0 Å². The summed E-state index contributed by atoms with van der Waals surface area (Å²) in [5, 5.41) is 15.6. The number of ether oxygens (including phenoxy) is 2. The number of nitrogens with one attached hydrogen (secondary N) is 2. The summed E-state index contributed by atoms with van der Waals surface area (Å²) in [6.07, 6.45) is 2.16. The van der Waals surface area contributed by atoms with Gasteiger partial charge >= 0.3 is 0 Å². The van der Waals surface area contributed by atoms with Crippen LogP contribution in [-0.2, 0) is 11.3 Å². The average Bonchev–Trinajstić information content (AvgIpc) is 3.41. The Morgan fingerprint density at radius 3 is 2.57 bits per heavy atom. The highest BCUT2D eigenvalue weighted by molar-refractivity contribution is 7.07. The number of thiophene rings is 1. The third-order valence-electron chi connectivity index (χ3n) is 6.21. The van der Waals surface area contributed by atoms with Crippen molar-refractivity contribution in [3.63, 3.8) is 0 Å². The minimum absolute atomic E-state index is 0.192. The summed E-state index contributed by atoms with van der Waals surface area (Å²) < 4.78 is 11.3. The third kappa shape index (κ3) is 6.69. The van der Waals surface area contributed by atoms with Crippen LogP contribution >= 0.6 is 11.3 Å². The van der Waals surface area contributed by atoms with Crippen LogP contribution in [0.1, 0.15) is 39.9 Å². The van der Waals surface area contributed by atoms with Gasteiger partial charge in [-0.25, -0.2) is 0 Å². The monoisotopic (exact) mass is 492 g/mol. The van der Waals surface area contributed by atoms with Crippen LogP contribution in [-0.4, -0.2) is 56.0 Å². The Bertz CT molecular complexity index is 1120. The summed E-state index contributed by atoms with van der Waals surface area (Å²) in [6, 6.07) is 14.6. The van der Waals surface area contributed by atoms with Crippen LogP contribution in [0.3, 0.4) is 0 Å². The summed E-state index contributed by atoms with van der Waals surface area (Å²) in [4.78, 5) is 15.0. The van der Waals surface area contributed by atoms with Gasteiger partial charge in [-0.15, -0.1) is 0 Å². The second-order valence-electron chi connectivity index (χ2n) is 8.67. The first kappa shape index (κ1) is 24.9. The Hall–Kier alpha value is -3.20. The number of carbonyl (C=O) groups is 1. The van der Waals surface area contributed by atoms with Gasteiger partial charge in [0.05, 0.1) is 12.3 Å². The van der Waals surface area contributed by atoms with Gasteiger partial charge in [0, 0.05) is 55.7 Å². The van der Waals surface area contributed by atoms with E-state index in [-0.39, 0.29) is 17.7 Å². The van der Waals surface area contributed by atoms with Gasteiger partial charge in [-0.3, -0.25) is 10.2 Å². The summed E-state index contributed by atoms with van der Waals surface area (Å²) in [5.41, 5.74) is 9.69. The van der Waals surface area contributed by atoms with E-state index in [4.69, 9.17) is 20.6 Å².